The Hall–Kier alpha value is -0.790. The molecule has 0 N–H and O–H groups in total. The average molecular weight is 661 g/mol. The van der Waals surface area contributed by atoms with E-state index in [4.69, 9.17) is 4.74 Å². The smallest absolute Gasteiger partial charge is 0.305 e. The molecule has 2 nitrogen and oxygen atoms in total. The summed E-state index contributed by atoms with van der Waals surface area (Å²) >= 11 is 0. The largest absolute Gasteiger partial charge is 0.466 e. The number of allylic oxidation sites excluding steroid dienone is 2. The number of carbonyl (C=O) groups excluding carboxylic acids is 1. The molecule has 0 amide bonds. The van der Waals surface area contributed by atoms with Gasteiger partial charge in [-0.3, -0.25) is 4.79 Å². The number of ether oxygens (including phenoxy) is 1. The molecule has 47 heavy (non-hydrogen) atoms. The molecule has 280 valence electrons. The molecule has 0 radical (unpaired) electrons. The highest BCUT2D eigenvalue weighted by atomic mass is 16.5. The van der Waals surface area contributed by atoms with Gasteiger partial charge in [0.2, 0.25) is 0 Å². The molecule has 0 aliphatic carbocycles. The van der Waals surface area contributed by atoms with Gasteiger partial charge in [0.25, 0.3) is 0 Å². The van der Waals surface area contributed by atoms with Gasteiger partial charge in [-0.25, -0.2) is 0 Å². The van der Waals surface area contributed by atoms with E-state index in [0.717, 1.165) is 18.8 Å². The lowest BCUT2D eigenvalue weighted by Gasteiger charge is -2.06. The van der Waals surface area contributed by atoms with E-state index >= 15 is 0 Å². The number of rotatable bonds is 40. The first-order valence-corrected chi connectivity index (χ1v) is 22.0. The Labute approximate surface area is 297 Å². The van der Waals surface area contributed by atoms with Gasteiger partial charge in [0.05, 0.1) is 6.61 Å². The average Bonchev–Trinajstić information content (AvgIpc) is 3.06. The number of esters is 1. The quantitative estimate of drug-likeness (QED) is 0.0371. The summed E-state index contributed by atoms with van der Waals surface area (Å²) in [4.78, 5) is 12.0. The van der Waals surface area contributed by atoms with Crippen LogP contribution in [-0.4, -0.2) is 12.6 Å². The molecule has 0 fully saturated rings. The molecule has 0 saturated carbocycles. The summed E-state index contributed by atoms with van der Waals surface area (Å²) in [5.41, 5.74) is 0. The fourth-order valence-corrected chi connectivity index (χ4v) is 6.79. The van der Waals surface area contributed by atoms with Crippen LogP contribution in [0, 0.1) is 5.92 Å². The summed E-state index contributed by atoms with van der Waals surface area (Å²) in [6, 6.07) is 0. The van der Waals surface area contributed by atoms with E-state index in [0.29, 0.717) is 13.0 Å². The monoisotopic (exact) mass is 661 g/mol. The number of hydrogen-bond acceptors (Lipinski definition) is 2. The Bertz CT molecular complexity index is 609. The normalized spacial score (nSPS) is 11.7. The third-order valence-electron chi connectivity index (χ3n) is 10.1. The van der Waals surface area contributed by atoms with Crippen molar-refractivity contribution in [3.05, 3.63) is 12.2 Å². The van der Waals surface area contributed by atoms with Gasteiger partial charge in [0.1, 0.15) is 0 Å². The van der Waals surface area contributed by atoms with Crippen molar-refractivity contribution in [1.29, 1.82) is 0 Å². The van der Waals surface area contributed by atoms with E-state index in [9.17, 15) is 4.79 Å². The van der Waals surface area contributed by atoms with Crippen molar-refractivity contribution in [2.75, 3.05) is 6.61 Å². The molecule has 0 heterocycles. The first-order valence-electron chi connectivity index (χ1n) is 22.0. The first-order chi connectivity index (χ1) is 23.2. The molecule has 0 bridgehead atoms. The topological polar surface area (TPSA) is 26.3 Å². The van der Waals surface area contributed by atoms with E-state index in [1.165, 1.54) is 218 Å². The van der Waals surface area contributed by atoms with Crippen LogP contribution >= 0.6 is 0 Å². The Balaban J connectivity index is 3.17. The van der Waals surface area contributed by atoms with Gasteiger partial charge in [-0.05, 0) is 44.4 Å². The number of hydrogen-bond donors (Lipinski definition) is 0. The minimum absolute atomic E-state index is 0.0241. The van der Waals surface area contributed by atoms with Gasteiger partial charge < -0.3 is 4.74 Å². The van der Waals surface area contributed by atoms with Crippen LogP contribution in [0.3, 0.4) is 0 Å². The summed E-state index contributed by atoms with van der Waals surface area (Å²) in [6.45, 7) is 7.60. The van der Waals surface area contributed by atoms with E-state index in [1.54, 1.807) is 0 Å². The van der Waals surface area contributed by atoms with Gasteiger partial charge in [-0.15, -0.1) is 0 Å². The molecule has 0 saturated heterocycles. The van der Waals surface area contributed by atoms with E-state index in [-0.39, 0.29) is 5.97 Å². The summed E-state index contributed by atoms with van der Waals surface area (Å²) in [6.07, 6.45) is 54.5. The molecule has 0 rings (SSSR count). The van der Waals surface area contributed by atoms with Crippen molar-refractivity contribution < 1.29 is 9.53 Å². The zero-order valence-electron chi connectivity index (χ0n) is 32.9. The maximum absolute atomic E-state index is 12.0. The second-order valence-electron chi connectivity index (χ2n) is 15.5. The third-order valence-corrected chi connectivity index (χ3v) is 10.1. The van der Waals surface area contributed by atoms with Crippen molar-refractivity contribution >= 4 is 5.97 Å². The predicted octanol–water partition coefficient (Wildman–Crippen LogP) is 16.2. The van der Waals surface area contributed by atoms with Crippen molar-refractivity contribution in [2.45, 2.75) is 258 Å². The lowest BCUT2D eigenvalue weighted by molar-refractivity contribution is -0.143. The summed E-state index contributed by atoms with van der Waals surface area (Å²) in [5.74, 6) is 0.907. The zero-order valence-corrected chi connectivity index (χ0v) is 32.9. The summed E-state index contributed by atoms with van der Waals surface area (Å²) < 4.78 is 5.47. The lowest BCUT2D eigenvalue weighted by atomic mass is 10.0. The van der Waals surface area contributed by atoms with Gasteiger partial charge in [0, 0.05) is 6.42 Å². The maximum Gasteiger partial charge on any atom is 0.305 e. The minimum Gasteiger partial charge on any atom is -0.466 e. The highest BCUT2D eigenvalue weighted by Crippen LogP contribution is 2.16. The highest BCUT2D eigenvalue weighted by molar-refractivity contribution is 5.69. The van der Waals surface area contributed by atoms with Crippen molar-refractivity contribution in [2.24, 2.45) is 5.92 Å². The first kappa shape index (κ1) is 46.2. The Morgan fingerprint density at radius 2 is 0.745 bits per heavy atom. The molecular weight excluding hydrogens is 572 g/mol. The van der Waals surface area contributed by atoms with Crippen LogP contribution in [-0.2, 0) is 9.53 Å². The molecule has 0 aromatic carbocycles. The molecule has 0 aromatic heterocycles. The van der Waals surface area contributed by atoms with Crippen molar-refractivity contribution in [3.8, 4) is 0 Å². The van der Waals surface area contributed by atoms with Gasteiger partial charge >= 0.3 is 5.97 Å². The fraction of sp³-hybridized carbons (Fsp3) is 0.933. The molecular formula is C45H88O2. The highest BCUT2D eigenvalue weighted by Gasteiger charge is 2.03. The van der Waals surface area contributed by atoms with Crippen LogP contribution in [0.4, 0.5) is 0 Å². The predicted molar refractivity (Wildman–Crippen MR) is 211 cm³/mol. The van der Waals surface area contributed by atoms with Gasteiger partial charge in [0.15, 0.2) is 0 Å². The van der Waals surface area contributed by atoms with Crippen LogP contribution < -0.4 is 0 Å². The molecule has 0 aliphatic rings. The van der Waals surface area contributed by atoms with Gasteiger partial charge in [-0.1, -0.05) is 226 Å². The Morgan fingerprint density at radius 1 is 0.426 bits per heavy atom. The van der Waals surface area contributed by atoms with Crippen LogP contribution in [0.2, 0.25) is 0 Å². The Morgan fingerprint density at radius 3 is 1.13 bits per heavy atom. The minimum atomic E-state index is 0.0241. The molecule has 0 aromatic rings. The second-order valence-corrected chi connectivity index (χ2v) is 15.5. The maximum atomic E-state index is 12.0. The summed E-state index contributed by atoms with van der Waals surface area (Å²) in [5, 5.41) is 0. The Kier molecular flexibility index (Phi) is 40.7. The fourth-order valence-electron chi connectivity index (χ4n) is 6.79. The standard InChI is InChI=1S/C45H88O2/c1-4-5-6-7-8-9-10-11-12-17-21-24-27-30-33-36-39-42-45(46)47-43-40-37-34-31-28-25-22-19-16-14-13-15-18-20-23-26-29-32-35-38-41-44(2)3/h11-12,44H,4-10,13-43H2,1-3H3. The van der Waals surface area contributed by atoms with Gasteiger partial charge in [-0.2, -0.15) is 0 Å². The van der Waals surface area contributed by atoms with Crippen LogP contribution in [0.15, 0.2) is 12.2 Å². The second kappa shape index (κ2) is 41.4. The van der Waals surface area contributed by atoms with Crippen LogP contribution in [0.25, 0.3) is 0 Å². The SMILES string of the molecule is CCCCCCCCC=CCCCCCCCCCC(=O)OCCCCCCCCCCCCCCCCCCCCCCC(C)C. The zero-order chi connectivity index (χ0) is 34.1. The van der Waals surface area contributed by atoms with Crippen LogP contribution in [0.5, 0.6) is 0 Å². The van der Waals surface area contributed by atoms with Crippen LogP contribution in [0.1, 0.15) is 258 Å². The molecule has 0 aliphatic heterocycles. The third kappa shape index (κ3) is 43.2. The summed E-state index contributed by atoms with van der Waals surface area (Å²) in [7, 11) is 0. The molecule has 0 atom stereocenters. The van der Waals surface area contributed by atoms with E-state index in [2.05, 4.69) is 32.9 Å². The molecule has 0 spiro atoms. The van der Waals surface area contributed by atoms with E-state index < -0.39 is 0 Å². The lowest BCUT2D eigenvalue weighted by Crippen LogP contribution is -2.05. The van der Waals surface area contributed by atoms with E-state index in [1.807, 2.05) is 0 Å². The molecule has 2 heteroatoms. The van der Waals surface area contributed by atoms with Crippen molar-refractivity contribution in [3.63, 3.8) is 0 Å². The number of unbranched alkanes of at least 4 members (excludes halogenated alkanes) is 32. The molecule has 0 unspecified atom stereocenters. The van der Waals surface area contributed by atoms with Crippen molar-refractivity contribution in [1.82, 2.24) is 0 Å². The number of carbonyl (C=O) groups is 1.